The zero-order valence-corrected chi connectivity index (χ0v) is 16.9. The number of esters is 1. The number of ether oxygens (including phenoxy) is 5. The number of hydrogen-bond acceptors (Lipinski definition) is 6. The Balaban J connectivity index is 1.57. The molecule has 0 amide bonds. The minimum atomic E-state index is -0.718. The van der Waals surface area contributed by atoms with Crippen LogP contribution in [0.3, 0.4) is 0 Å². The summed E-state index contributed by atoms with van der Waals surface area (Å²) in [5, 5.41) is 0. The van der Waals surface area contributed by atoms with Gasteiger partial charge in [0, 0.05) is 18.6 Å². The summed E-state index contributed by atoms with van der Waals surface area (Å²) in [6, 6.07) is 18.6. The maximum Gasteiger partial charge on any atom is 0.338 e. The lowest BCUT2D eigenvalue weighted by Gasteiger charge is -2.48. The first kappa shape index (κ1) is 20.8. The summed E-state index contributed by atoms with van der Waals surface area (Å²) in [5.41, 5.74) is 1.40. The zero-order valence-electron chi connectivity index (χ0n) is 16.9. The molecule has 0 N–H and O–H groups in total. The normalized spacial score (nSPS) is 30.8. The first-order chi connectivity index (χ1) is 14.7. The lowest BCUT2D eigenvalue weighted by atomic mass is 9.85. The summed E-state index contributed by atoms with van der Waals surface area (Å²) in [5.74, 6) is -0.612. The Morgan fingerprint density at radius 1 is 1.10 bits per heavy atom. The lowest BCUT2D eigenvalue weighted by molar-refractivity contribution is -0.349. The molecular weight excluding hydrogens is 384 g/mol. The second-order valence-electron chi connectivity index (χ2n) is 7.38. The Morgan fingerprint density at radius 3 is 2.47 bits per heavy atom. The van der Waals surface area contributed by atoms with Crippen molar-refractivity contribution in [2.75, 3.05) is 13.7 Å². The number of allylic oxidation sites excluding steroid dienone is 1. The fourth-order valence-corrected chi connectivity index (χ4v) is 4.02. The molecule has 2 aliphatic rings. The molecule has 0 aliphatic carbocycles. The van der Waals surface area contributed by atoms with Gasteiger partial charge in [-0.3, -0.25) is 0 Å². The van der Waals surface area contributed by atoms with Crippen molar-refractivity contribution < 1.29 is 28.5 Å². The molecule has 0 bridgehead atoms. The number of rotatable bonds is 6. The van der Waals surface area contributed by atoms with Crippen molar-refractivity contribution in [3.63, 3.8) is 0 Å². The van der Waals surface area contributed by atoms with Gasteiger partial charge in [-0.15, -0.1) is 6.58 Å². The predicted octanol–water partition coefficient (Wildman–Crippen LogP) is 3.89. The fraction of sp³-hybridized carbons (Fsp3) is 0.375. The van der Waals surface area contributed by atoms with Crippen molar-refractivity contribution in [1.29, 1.82) is 0 Å². The smallest absolute Gasteiger partial charge is 0.338 e. The number of hydrogen-bond donors (Lipinski definition) is 0. The van der Waals surface area contributed by atoms with E-state index in [9.17, 15) is 4.79 Å². The minimum absolute atomic E-state index is 0.186. The molecule has 2 aromatic rings. The Morgan fingerprint density at radius 2 is 1.80 bits per heavy atom. The summed E-state index contributed by atoms with van der Waals surface area (Å²) in [4.78, 5) is 12.7. The Labute approximate surface area is 176 Å². The van der Waals surface area contributed by atoms with Crippen molar-refractivity contribution in [2.24, 2.45) is 5.92 Å². The third-order valence-electron chi connectivity index (χ3n) is 5.48. The van der Waals surface area contributed by atoms with E-state index in [4.69, 9.17) is 23.7 Å². The number of carbonyl (C=O) groups excluding carboxylic acids is 1. The molecule has 30 heavy (non-hydrogen) atoms. The van der Waals surface area contributed by atoms with E-state index < -0.39 is 24.7 Å². The van der Waals surface area contributed by atoms with Gasteiger partial charge in [-0.2, -0.15) is 0 Å². The molecule has 0 radical (unpaired) electrons. The van der Waals surface area contributed by atoms with Crippen molar-refractivity contribution in [1.82, 2.24) is 0 Å². The summed E-state index contributed by atoms with van der Waals surface area (Å²) in [7, 11) is 1.54. The molecule has 4 rings (SSSR count). The highest BCUT2D eigenvalue weighted by Crippen LogP contribution is 2.40. The van der Waals surface area contributed by atoms with Crippen LogP contribution in [0.2, 0.25) is 0 Å². The molecule has 6 heteroatoms. The van der Waals surface area contributed by atoms with E-state index in [1.165, 1.54) is 7.11 Å². The molecule has 2 aliphatic heterocycles. The topological polar surface area (TPSA) is 63.2 Å². The fourth-order valence-electron chi connectivity index (χ4n) is 4.02. The number of methoxy groups -OCH3 is 1. The van der Waals surface area contributed by atoms with Crippen molar-refractivity contribution in [2.45, 2.75) is 37.3 Å². The third kappa shape index (κ3) is 4.32. The van der Waals surface area contributed by atoms with Gasteiger partial charge in [0.1, 0.15) is 6.10 Å². The highest BCUT2D eigenvalue weighted by molar-refractivity contribution is 5.89. The molecule has 2 aromatic carbocycles. The molecule has 6 atom stereocenters. The molecule has 2 saturated heterocycles. The van der Waals surface area contributed by atoms with Crippen LogP contribution in [0.4, 0.5) is 0 Å². The number of fused-ring (bicyclic) bond motifs is 1. The van der Waals surface area contributed by atoms with Crippen LogP contribution in [0.15, 0.2) is 73.3 Å². The Hall–Kier alpha value is -2.51. The molecule has 2 heterocycles. The zero-order chi connectivity index (χ0) is 20.9. The van der Waals surface area contributed by atoms with E-state index in [1.54, 1.807) is 30.3 Å². The molecule has 0 aromatic heterocycles. The van der Waals surface area contributed by atoms with Gasteiger partial charge in [0.2, 0.25) is 0 Å². The summed E-state index contributed by atoms with van der Waals surface area (Å²) >= 11 is 0. The SMILES string of the molecule is C=CC[C@@H]1[C@@H](OC(=O)c2ccccc2)[C@@H](OC)O[C@@H]2CO[C@@H](c3ccccc3)O[C@@H]12. The van der Waals surface area contributed by atoms with E-state index in [0.717, 1.165) is 5.56 Å². The summed E-state index contributed by atoms with van der Waals surface area (Å²) < 4.78 is 29.7. The standard InChI is InChI=1S/C24H26O6/c1-3-10-18-20-19(15-27-23(30-20)17-13-8-5-9-14-17)28-24(26-2)21(18)29-22(25)16-11-6-4-7-12-16/h3-9,11-14,18-21,23-24H,1,10,15H2,2H3/t18-,19+,20-,21+,23+,24-/m0/s1. The van der Waals surface area contributed by atoms with E-state index in [2.05, 4.69) is 6.58 Å². The van der Waals surface area contributed by atoms with Crippen LogP contribution in [0.5, 0.6) is 0 Å². The highest BCUT2D eigenvalue weighted by Gasteiger charge is 2.51. The Kier molecular flexibility index (Phi) is 6.59. The van der Waals surface area contributed by atoms with E-state index in [-0.39, 0.29) is 18.1 Å². The minimum Gasteiger partial charge on any atom is -0.453 e. The van der Waals surface area contributed by atoms with Gasteiger partial charge in [-0.1, -0.05) is 54.6 Å². The molecule has 0 unspecified atom stereocenters. The average Bonchev–Trinajstić information content (AvgIpc) is 2.81. The average molecular weight is 410 g/mol. The molecule has 158 valence electrons. The van der Waals surface area contributed by atoms with Crippen LogP contribution >= 0.6 is 0 Å². The van der Waals surface area contributed by atoms with Gasteiger partial charge in [0.25, 0.3) is 0 Å². The third-order valence-corrected chi connectivity index (χ3v) is 5.48. The maximum atomic E-state index is 12.7. The molecule has 0 saturated carbocycles. The largest absolute Gasteiger partial charge is 0.453 e. The second-order valence-corrected chi connectivity index (χ2v) is 7.38. The van der Waals surface area contributed by atoms with Crippen LogP contribution < -0.4 is 0 Å². The van der Waals surface area contributed by atoms with Crippen molar-refractivity contribution in [3.8, 4) is 0 Å². The molecule has 6 nitrogen and oxygen atoms in total. The number of carbonyl (C=O) groups is 1. The second kappa shape index (κ2) is 9.53. The predicted molar refractivity (Wildman–Crippen MR) is 110 cm³/mol. The van der Waals surface area contributed by atoms with Gasteiger partial charge >= 0.3 is 5.97 Å². The van der Waals surface area contributed by atoms with E-state index >= 15 is 0 Å². The number of benzene rings is 2. The molecule has 0 spiro atoms. The first-order valence-corrected chi connectivity index (χ1v) is 10.1. The lowest BCUT2D eigenvalue weighted by Crippen LogP contribution is -2.60. The summed E-state index contributed by atoms with van der Waals surface area (Å²) in [6.07, 6.45) is -0.139. The molecule has 2 fully saturated rings. The highest BCUT2D eigenvalue weighted by atomic mass is 16.8. The van der Waals surface area contributed by atoms with Gasteiger partial charge in [-0.25, -0.2) is 4.79 Å². The molecular formula is C24H26O6. The Bertz CT molecular complexity index is 839. The summed E-state index contributed by atoms with van der Waals surface area (Å²) in [6.45, 7) is 4.24. The quantitative estimate of drug-likeness (QED) is 0.532. The van der Waals surface area contributed by atoms with Gasteiger partial charge < -0.3 is 23.7 Å². The van der Waals surface area contributed by atoms with Gasteiger partial charge in [-0.05, 0) is 18.6 Å². The van der Waals surface area contributed by atoms with Crippen LogP contribution in [-0.2, 0) is 23.7 Å². The van der Waals surface area contributed by atoms with Crippen LogP contribution in [0.1, 0.15) is 28.6 Å². The monoisotopic (exact) mass is 410 g/mol. The van der Waals surface area contributed by atoms with Crippen molar-refractivity contribution in [3.05, 3.63) is 84.4 Å². The van der Waals surface area contributed by atoms with Crippen molar-refractivity contribution >= 4 is 5.97 Å². The van der Waals surface area contributed by atoms with Crippen LogP contribution in [0, 0.1) is 5.92 Å². The first-order valence-electron chi connectivity index (χ1n) is 10.1. The van der Waals surface area contributed by atoms with Gasteiger partial charge in [0.15, 0.2) is 18.7 Å². The van der Waals surface area contributed by atoms with Crippen LogP contribution in [-0.4, -0.2) is 44.3 Å². The van der Waals surface area contributed by atoms with E-state index in [1.807, 2.05) is 36.4 Å². The van der Waals surface area contributed by atoms with Crippen LogP contribution in [0.25, 0.3) is 0 Å². The van der Waals surface area contributed by atoms with Gasteiger partial charge in [0.05, 0.1) is 18.3 Å². The maximum absolute atomic E-state index is 12.7. The van der Waals surface area contributed by atoms with E-state index in [0.29, 0.717) is 18.6 Å².